The number of nitrogens with zero attached hydrogens (tertiary/aromatic N) is 1. The zero-order chi connectivity index (χ0) is 14.6. The number of methoxy groups -OCH3 is 2. The molecule has 1 unspecified atom stereocenters. The van der Waals surface area contributed by atoms with Crippen molar-refractivity contribution in [1.29, 1.82) is 0 Å². The highest BCUT2D eigenvalue weighted by molar-refractivity contribution is 8.77. The predicted molar refractivity (Wildman–Crippen MR) is 87.3 cm³/mol. The second-order valence-corrected chi connectivity index (χ2v) is 7.73. The van der Waals surface area contributed by atoms with E-state index in [1.807, 2.05) is 26.5 Å². The fourth-order valence-corrected chi connectivity index (χ4v) is 5.16. The Morgan fingerprint density at radius 2 is 1.90 bits per heavy atom. The smallest absolute Gasteiger partial charge is 0.222 e. The molecule has 4 nitrogen and oxygen atoms in total. The Labute approximate surface area is 130 Å². The molecule has 0 radical (unpaired) electrons. The average Bonchev–Trinajstić information content (AvgIpc) is 2.97. The normalized spacial score (nSPS) is 18.4. The van der Waals surface area contributed by atoms with E-state index in [2.05, 4.69) is 0 Å². The number of amides is 1. The van der Waals surface area contributed by atoms with Crippen LogP contribution in [0.15, 0.2) is 0 Å². The molecule has 0 aliphatic carbocycles. The molecule has 1 atom stereocenters. The fourth-order valence-electron chi connectivity index (χ4n) is 2.13. The zero-order valence-electron chi connectivity index (χ0n) is 12.6. The molecule has 118 valence electrons. The van der Waals surface area contributed by atoms with Crippen molar-refractivity contribution in [3.8, 4) is 0 Å². The molecule has 0 N–H and O–H groups in total. The highest BCUT2D eigenvalue weighted by Crippen LogP contribution is 2.39. The molecular formula is C14H27NO3S2. The summed E-state index contributed by atoms with van der Waals surface area (Å²) in [4.78, 5) is 14.0. The minimum Gasteiger partial charge on any atom is -0.383 e. The summed E-state index contributed by atoms with van der Waals surface area (Å²) in [6.07, 6.45) is 5.39. The van der Waals surface area contributed by atoms with E-state index < -0.39 is 0 Å². The van der Waals surface area contributed by atoms with Crippen molar-refractivity contribution >= 4 is 27.5 Å². The lowest BCUT2D eigenvalue weighted by atomic mass is 10.1. The molecule has 1 saturated heterocycles. The molecule has 1 aliphatic heterocycles. The minimum absolute atomic E-state index is 0.229. The molecule has 0 aromatic rings. The van der Waals surface area contributed by atoms with E-state index in [9.17, 15) is 4.79 Å². The number of carbonyl (C=O) groups excluding carboxylic acids is 1. The Bertz CT molecular complexity index is 253. The number of rotatable bonds is 11. The fraction of sp³-hybridized carbons (Fsp3) is 0.929. The topological polar surface area (TPSA) is 38.8 Å². The van der Waals surface area contributed by atoms with Gasteiger partial charge < -0.3 is 14.4 Å². The van der Waals surface area contributed by atoms with Crippen LogP contribution in [0.2, 0.25) is 0 Å². The molecule has 1 rings (SSSR count). The second kappa shape index (κ2) is 11.7. The molecule has 1 aliphatic rings. The highest BCUT2D eigenvalue weighted by Gasteiger charge is 2.17. The largest absolute Gasteiger partial charge is 0.383 e. The quantitative estimate of drug-likeness (QED) is 0.432. The number of ether oxygens (including phenoxy) is 2. The Hall–Kier alpha value is 0.0900. The average molecular weight is 322 g/mol. The molecule has 6 heteroatoms. The van der Waals surface area contributed by atoms with Crippen LogP contribution < -0.4 is 0 Å². The maximum absolute atomic E-state index is 12.2. The van der Waals surface area contributed by atoms with Crippen molar-refractivity contribution in [2.45, 2.75) is 37.4 Å². The van der Waals surface area contributed by atoms with Gasteiger partial charge in [-0.25, -0.2) is 0 Å². The lowest BCUT2D eigenvalue weighted by Gasteiger charge is -2.22. The Kier molecular flexibility index (Phi) is 10.6. The molecule has 1 heterocycles. The first-order chi connectivity index (χ1) is 9.77. The monoisotopic (exact) mass is 321 g/mol. The number of hydrogen-bond acceptors (Lipinski definition) is 5. The van der Waals surface area contributed by atoms with Crippen LogP contribution >= 0.6 is 21.6 Å². The molecule has 20 heavy (non-hydrogen) atoms. The van der Waals surface area contributed by atoms with Crippen molar-refractivity contribution in [3.63, 3.8) is 0 Å². The maximum Gasteiger partial charge on any atom is 0.222 e. The molecule has 0 spiro atoms. The Morgan fingerprint density at radius 1 is 1.20 bits per heavy atom. The number of hydrogen-bond donors (Lipinski definition) is 0. The van der Waals surface area contributed by atoms with E-state index in [1.54, 1.807) is 14.2 Å². The summed E-state index contributed by atoms with van der Waals surface area (Å²) in [5.74, 6) is 1.52. The first kappa shape index (κ1) is 18.1. The molecular weight excluding hydrogens is 294 g/mol. The maximum atomic E-state index is 12.2. The number of carbonyl (C=O) groups is 1. The Morgan fingerprint density at radius 3 is 2.45 bits per heavy atom. The van der Waals surface area contributed by atoms with Crippen LogP contribution in [0, 0.1) is 0 Å². The second-order valence-electron chi connectivity index (χ2n) is 4.94. The van der Waals surface area contributed by atoms with Gasteiger partial charge in [-0.15, -0.1) is 0 Å². The van der Waals surface area contributed by atoms with Gasteiger partial charge >= 0.3 is 0 Å². The Balaban J connectivity index is 2.14. The summed E-state index contributed by atoms with van der Waals surface area (Å²) in [7, 11) is 7.33. The van der Waals surface area contributed by atoms with E-state index in [0.29, 0.717) is 32.7 Å². The summed E-state index contributed by atoms with van der Waals surface area (Å²) in [6, 6.07) is 0. The number of unbranched alkanes of at least 4 members (excludes halogenated alkanes) is 1. The molecule has 1 fully saturated rings. The third-order valence-electron chi connectivity index (χ3n) is 3.38. The van der Waals surface area contributed by atoms with Crippen LogP contribution in [-0.4, -0.2) is 62.3 Å². The minimum atomic E-state index is 0.229. The van der Waals surface area contributed by atoms with Crippen molar-refractivity contribution in [1.82, 2.24) is 4.90 Å². The van der Waals surface area contributed by atoms with Crippen molar-refractivity contribution < 1.29 is 14.3 Å². The molecule has 0 aromatic carbocycles. The van der Waals surface area contributed by atoms with Crippen molar-refractivity contribution in [3.05, 3.63) is 0 Å². The predicted octanol–water partition coefficient (Wildman–Crippen LogP) is 2.82. The van der Waals surface area contributed by atoms with Crippen LogP contribution in [0.4, 0.5) is 0 Å². The van der Waals surface area contributed by atoms with Crippen molar-refractivity contribution in [2.24, 2.45) is 0 Å². The molecule has 0 bridgehead atoms. The standard InChI is InChI=1S/C14H27NO3S2/c1-17-10-8-15(9-11-18-2)14(16)6-4-3-5-13-7-12-19-20-13/h13H,3-12H2,1-2H3. The highest BCUT2D eigenvalue weighted by atomic mass is 33.1. The molecule has 0 aromatic heterocycles. The summed E-state index contributed by atoms with van der Waals surface area (Å²) < 4.78 is 10.1. The lowest BCUT2D eigenvalue weighted by molar-refractivity contribution is -0.132. The van der Waals surface area contributed by atoms with Crippen molar-refractivity contribution in [2.75, 3.05) is 46.3 Å². The van der Waals surface area contributed by atoms with Crippen LogP contribution in [-0.2, 0) is 14.3 Å². The summed E-state index contributed by atoms with van der Waals surface area (Å²) in [6.45, 7) is 2.50. The van der Waals surface area contributed by atoms with Gasteiger partial charge in [-0.3, -0.25) is 4.79 Å². The van der Waals surface area contributed by atoms with Gasteiger partial charge in [0.2, 0.25) is 5.91 Å². The third kappa shape index (κ3) is 7.76. The SMILES string of the molecule is COCCN(CCOC)C(=O)CCCCC1CCSS1. The molecule has 0 saturated carbocycles. The summed E-state index contributed by atoms with van der Waals surface area (Å²) in [5.41, 5.74) is 0. The van der Waals surface area contributed by atoms with Crippen LogP contribution in [0.25, 0.3) is 0 Å². The zero-order valence-corrected chi connectivity index (χ0v) is 14.3. The van der Waals surface area contributed by atoms with Gasteiger partial charge in [0.05, 0.1) is 13.2 Å². The summed E-state index contributed by atoms with van der Waals surface area (Å²) >= 11 is 0. The third-order valence-corrected chi connectivity index (χ3v) is 6.38. The lowest BCUT2D eigenvalue weighted by Crippen LogP contribution is -2.36. The first-order valence-electron chi connectivity index (χ1n) is 7.32. The van der Waals surface area contributed by atoms with E-state index in [-0.39, 0.29) is 5.91 Å². The van der Waals surface area contributed by atoms with Gasteiger partial charge in [0, 0.05) is 44.7 Å². The van der Waals surface area contributed by atoms with Gasteiger partial charge in [0.15, 0.2) is 0 Å². The molecule has 1 amide bonds. The van der Waals surface area contributed by atoms with Crippen LogP contribution in [0.5, 0.6) is 0 Å². The van der Waals surface area contributed by atoms with Gasteiger partial charge in [-0.05, 0) is 19.3 Å². The van der Waals surface area contributed by atoms with Crippen LogP contribution in [0.1, 0.15) is 32.1 Å². The van der Waals surface area contributed by atoms with Gasteiger partial charge in [0.1, 0.15) is 0 Å². The first-order valence-corrected chi connectivity index (χ1v) is 9.70. The van der Waals surface area contributed by atoms with E-state index in [1.165, 1.54) is 18.6 Å². The van der Waals surface area contributed by atoms with E-state index >= 15 is 0 Å². The van der Waals surface area contributed by atoms with Gasteiger partial charge in [0.25, 0.3) is 0 Å². The summed E-state index contributed by atoms with van der Waals surface area (Å²) in [5, 5.41) is 0.813. The van der Waals surface area contributed by atoms with E-state index in [4.69, 9.17) is 9.47 Å². The van der Waals surface area contributed by atoms with Gasteiger partial charge in [-0.2, -0.15) is 0 Å². The van der Waals surface area contributed by atoms with Crippen LogP contribution in [0.3, 0.4) is 0 Å². The van der Waals surface area contributed by atoms with Gasteiger partial charge in [-0.1, -0.05) is 28.0 Å². The van der Waals surface area contributed by atoms with E-state index in [0.717, 1.165) is 18.1 Å².